The first-order chi connectivity index (χ1) is 13.0. The van der Waals surface area contributed by atoms with Crippen molar-refractivity contribution in [2.24, 2.45) is 0 Å². The van der Waals surface area contributed by atoms with Gasteiger partial charge in [0, 0.05) is 17.3 Å². The molecule has 0 aliphatic carbocycles. The lowest BCUT2D eigenvalue weighted by Gasteiger charge is -2.14. The Hall–Kier alpha value is -3.34. The molecular formula is C22H20FN3O. The summed E-state index contributed by atoms with van der Waals surface area (Å²) < 4.78 is 13.0. The van der Waals surface area contributed by atoms with E-state index in [0.717, 1.165) is 28.6 Å². The van der Waals surface area contributed by atoms with Crippen molar-refractivity contribution in [2.75, 3.05) is 0 Å². The summed E-state index contributed by atoms with van der Waals surface area (Å²) in [6.07, 6.45) is 4.62. The zero-order chi connectivity index (χ0) is 19.4. The van der Waals surface area contributed by atoms with Gasteiger partial charge in [-0.1, -0.05) is 18.7 Å². The van der Waals surface area contributed by atoms with Gasteiger partial charge in [-0.05, 0) is 61.4 Å². The molecule has 1 amide bonds. The van der Waals surface area contributed by atoms with Gasteiger partial charge in [-0.15, -0.1) is 0 Å². The van der Waals surface area contributed by atoms with Crippen LogP contribution in [0, 0.1) is 12.7 Å². The summed E-state index contributed by atoms with van der Waals surface area (Å²) in [5.41, 5.74) is 4.60. The van der Waals surface area contributed by atoms with Crippen LogP contribution < -0.4 is 5.32 Å². The zero-order valence-corrected chi connectivity index (χ0v) is 15.2. The van der Waals surface area contributed by atoms with Crippen molar-refractivity contribution in [3.05, 3.63) is 89.6 Å². The lowest BCUT2D eigenvalue weighted by Crippen LogP contribution is -2.27. The number of rotatable bonds is 5. The molecule has 3 aromatic rings. The van der Waals surface area contributed by atoms with E-state index in [-0.39, 0.29) is 11.9 Å². The van der Waals surface area contributed by atoms with Gasteiger partial charge in [0.05, 0.1) is 23.6 Å². The number of nitrogens with one attached hydrogen (secondary N) is 1. The van der Waals surface area contributed by atoms with Gasteiger partial charge in [0.15, 0.2) is 0 Å². The fourth-order valence-corrected chi connectivity index (χ4v) is 2.68. The number of hydrogen-bond acceptors (Lipinski definition) is 3. The van der Waals surface area contributed by atoms with Gasteiger partial charge in [-0.2, -0.15) is 0 Å². The minimum atomic E-state index is -0.411. The van der Waals surface area contributed by atoms with Crippen LogP contribution >= 0.6 is 0 Å². The standard InChI is InChI=1S/C22H20FN3O/c1-4-16-9-17(21-7-5-14(2)12-24-21)11-18(10-16)22(27)26-15(3)20-8-6-19(23)13-25-20/h4-13,15H,1H2,2-3H3,(H,26,27). The molecule has 1 N–H and O–H groups in total. The number of hydrogen-bond donors (Lipinski definition) is 1. The Kier molecular flexibility index (Phi) is 5.41. The molecule has 0 saturated carbocycles. The van der Waals surface area contributed by atoms with Crippen LogP contribution in [0.15, 0.2) is 61.4 Å². The van der Waals surface area contributed by atoms with E-state index in [2.05, 4.69) is 21.9 Å². The first-order valence-corrected chi connectivity index (χ1v) is 8.59. The summed E-state index contributed by atoms with van der Waals surface area (Å²) in [4.78, 5) is 21.2. The molecule has 1 unspecified atom stereocenters. The topological polar surface area (TPSA) is 54.9 Å². The van der Waals surface area contributed by atoms with Gasteiger partial charge in [-0.25, -0.2) is 4.39 Å². The second-order valence-electron chi connectivity index (χ2n) is 6.37. The SMILES string of the molecule is C=Cc1cc(C(=O)NC(C)c2ccc(F)cn2)cc(-c2ccc(C)cn2)c1. The summed E-state index contributed by atoms with van der Waals surface area (Å²) in [6.45, 7) is 7.58. The summed E-state index contributed by atoms with van der Waals surface area (Å²) >= 11 is 0. The van der Waals surface area contributed by atoms with Crippen molar-refractivity contribution in [3.8, 4) is 11.3 Å². The van der Waals surface area contributed by atoms with Crippen molar-refractivity contribution in [1.82, 2.24) is 15.3 Å². The predicted molar refractivity (Wildman–Crippen MR) is 105 cm³/mol. The predicted octanol–water partition coefficient (Wildman–Crippen LogP) is 4.73. The molecule has 0 aliphatic heterocycles. The van der Waals surface area contributed by atoms with Crippen LogP contribution in [-0.4, -0.2) is 15.9 Å². The minimum absolute atomic E-state index is 0.245. The number of halogens is 1. The number of aryl methyl sites for hydroxylation is 1. The van der Waals surface area contributed by atoms with Crippen LogP contribution in [-0.2, 0) is 0 Å². The van der Waals surface area contributed by atoms with Crippen LogP contribution in [0.4, 0.5) is 4.39 Å². The molecule has 0 fully saturated rings. The number of benzene rings is 1. The van der Waals surface area contributed by atoms with E-state index in [1.165, 1.54) is 6.07 Å². The van der Waals surface area contributed by atoms with Crippen LogP contribution in [0.3, 0.4) is 0 Å². The molecule has 27 heavy (non-hydrogen) atoms. The van der Waals surface area contributed by atoms with Gasteiger partial charge in [0.1, 0.15) is 5.82 Å². The highest BCUT2D eigenvalue weighted by Gasteiger charge is 2.14. The Morgan fingerprint density at radius 3 is 2.59 bits per heavy atom. The molecule has 3 rings (SSSR count). The van der Waals surface area contributed by atoms with E-state index in [0.29, 0.717) is 11.3 Å². The second kappa shape index (κ2) is 7.91. The maximum Gasteiger partial charge on any atom is 0.251 e. The normalized spacial score (nSPS) is 11.7. The molecule has 0 saturated heterocycles. The van der Waals surface area contributed by atoms with Crippen molar-refractivity contribution < 1.29 is 9.18 Å². The number of carbonyl (C=O) groups excluding carboxylic acids is 1. The Morgan fingerprint density at radius 2 is 1.96 bits per heavy atom. The van der Waals surface area contributed by atoms with E-state index in [9.17, 15) is 9.18 Å². The molecule has 5 heteroatoms. The van der Waals surface area contributed by atoms with Gasteiger partial charge < -0.3 is 5.32 Å². The Labute approximate surface area is 157 Å². The number of nitrogens with zero attached hydrogens (tertiary/aromatic N) is 2. The summed E-state index contributed by atoms with van der Waals surface area (Å²) in [5, 5.41) is 2.89. The maximum atomic E-state index is 13.0. The van der Waals surface area contributed by atoms with Gasteiger partial charge in [0.25, 0.3) is 5.91 Å². The third-order valence-electron chi connectivity index (χ3n) is 4.20. The molecule has 0 aliphatic rings. The van der Waals surface area contributed by atoms with E-state index >= 15 is 0 Å². The molecular weight excluding hydrogens is 341 g/mol. The van der Waals surface area contributed by atoms with Crippen molar-refractivity contribution >= 4 is 12.0 Å². The van der Waals surface area contributed by atoms with E-state index < -0.39 is 5.82 Å². The average Bonchev–Trinajstić information content (AvgIpc) is 2.68. The Bertz CT molecular complexity index is 966. The fraction of sp³-hybridized carbons (Fsp3) is 0.136. The van der Waals surface area contributed by atoms with Crippen molar-refractivity contribution in [1.29, 1.82) is 0 Å². The average molecular weight is 361 g/mol. The third kappa shape index (κ3) is 4.44. The minimum Gasteiger partial charge on any atom is -0.344 e. The zero-order valence-electron chi connectivity index (χ0n) is 15.2. The lowest BCUT2D eigenvalue weighted by molar-refractivity contribution is 0.0939. The molecule has 136 valence electrons. The first kappa shape index (κ1) is 18.5. The van der Waals surface area contributed by atoms with E-state index in [4.69, 9.17) is 0 Å². The van der Waals surface area contributed by atoms with E-state index in [1.807, 2.05) is 25.1 Å². The number of pyridine rings is 2. The molecule has 0 radical (unpaired) electrons. The fourth-order valence-electron chi connectivity index (χ4n) is 2.68. The molecule has 2 heterocycles. The molecule has 1 aromatic carbocycles. The number of amides is 1. The number of aromatic nitrogens is 2. The summed E-state index contributed by atoms with van der Waals surface area (Å²) in [5.74, 6) is -0.656. The van der Waals surface area contributed by atoms with Crippen LogP contribution in [0.5, 0.6) is 0 Å². The van der Waals surface area contributed by atoms with Gasteiger partial charge >= 0.3 is 0 Å². The smallest absolute Gasteiger partial charge is 0.251 e. The lowest BCUT2D eigenvalue weighted by atomic mass is 10.0. The van der Waals surface area contributed by atoms with Crippen LogP contribution in [0.1, 0.15) is 40.1 Å². The highest BCUT2D eigenvalue weighted by atomic mass is 19.1. The summed E-state index contributed by atoms with van der Waals surface area (Å²) in [7, 11) is 0. The second-order valence-corrected chi connectivity index (χ2v) is 6.37. The van der Waals surface area contributed by atoms with Gasteiger partial charge in [0.2, 0.25) is 0 Å². The molecule has 0 bridgehead atoms. The highest BCUT2D eigenvalue weighted by Crippen LogP contribution is 2.22. The van der Waals surface area contributed by atoms with Gasteiger partial charge in [-0.3, -0.25) is 14.8 Å². The summed E-state index contributed by atoms with van der Waals surface area (Å²) in [6, 6.07) is 11.9. The Balaban J connectivity index is 1.87. The highest BCUT2D eigenvalue weighted by molar-refractivity contribution is 5.96. The molecule has 1 atom stereocenters. The van der Waals surface area contributed by atoms with Crippen LogP contribution in [0.2, 0.25) is 0 Å². The van der Waals surface area contributed by atoms with Crippen molar-refractivity contribution in [3.63, 3.8) is 0 Å². The number of carbonyl (C=O) groups is 1. The quantitative estimate of drug-likeness (QED) is 0.715. The van der Waals surface area contributed by atoms with Crippen LogP contribution in [0.25, 0.3) is 17.3 Å². The molecule has 0 spiro atoms. The maximum absolute atomic E-state index is 13.0. The Morgan fingerprint density at radius 1 is 1.15 bits per heavy atom. The largest absolute Gasteiger partial charge is 0.344 e. The first-order valence-electron chi connectivity index (χ1n) is 8.59. The van der Waals surface area contributed by atoms with Crippen molar-refractivity contribution in [2.45, 2.75) is 19.9 Å². The molecule has 4 nitrogen and oxygen atoms in total. The molecule has 2 aromatic heterocycles. The third-order valence-corrected chi connectivity index (χ3v) is 4.20. The van der Waals surface area contributed by atoms with E-state index in [1.54, 1.807) is 37.4 Å². The monoisotopic (exact) mass is 361 g/mol.